The van der Waals surface area contributed by atoms with Crippen LogP contribution in [0.4, 0.5) is 4.39 Å². The Bertz CT molecular complexity index is 888. The average molecular weight is 382 g/mol. The largest absolute Gasteiger partial charge is 0.492 e. The summed E-state index contributed by atoms with van der Waals surface area (Å²) in [5.41, 5.74) is 0.552. The summed E-state index contributed by atoms with van der Waals surface area (Å²) in [5, 5.41) is 0.667. The van der Waals surface area contributed by atoms with E-state index in [1.54, 1.807) is 42.4 Å². The molecule has 6 heteroatoms. The summed E-state index contributed by atoms with van der Waals surface area (Å²) in [7, 11) is 1.72. The summed E-state index contributed by atoms with van der Waals surface area (Å²) in [6.45, 7) is 0.718. The van der Waals surface area contributed by atoms with Crippen LogP contribution in [0.15, 0.2) is 82.8 Å². The van der Waals surface area contributed by atoms with Crippen LogP contribution in [0.2, 0.25) is 0 Å². The highest BCUT2D eigenvalue weighted by Crippen LogP contribution is 2.28. The first-order valence-corrected chi connectivity index (χ1v) is 9.27. The summed E-state index contributed by atoms with van der Waals surface area (Å²) in [6, 6.07) is 19.1. The molecule has 138 valence electrons. The maximum absolute atomic E-state index is 12.9. The van der Waals surface area contributed by atoms with E-state index in [1.165, 1.54) is 23.9 Å². The fourth-order valence-corrected chi connectivity index (χ4v) is 3.27. The number of amides is 1. The third-order valence-corrected chi connectivity index (χ3v) is 4.84. The predicted octanol–water partition coefficient (Wildman–Crippen LogP) is 4.52. The van der Waals surface area contributed by atoms with Crippen LogP contribution in [0, 0.1) is 5.82 Å². The van der Waals surface area contributed by atoms with Crippen molar-refractivity contribution in [2.75, 3.05) is 20.2 Å². The maximum atomic E-state index is 12.9. The molecule has 1 aromatic heterocycles. The van der Waals surface area contributed by atoms with E-state index in [0.717, 1.165) is 4.90 Å². The molecule has 0 N–H and O–H groups in total. The molecular formula is C21H19FN2O2S. The van der Waals surface area contributed by atoms with Crippen LogP contribution in [0.1, 0.15) is 10.4 Å². The number of rotatable bonds is 7. The Balaban J connectivity index is 1.62. The van der Waals surface area contributed by atoms with Gasteiger partial charge in [-0.3, -0.25) is 4.79 Å². The first-order chi connectivity index (χ1) is 13.1. The minimum atomic E-state index is -0.310. The van der Waals surface area contributed by atoms with Crippen LogP contribution in [0.25, 0.3) is 0 Å². The van der Waals surface area contributed by atoms with Gasteiger partial charge in [0.1, 0.15) is 23.2 Å². The minimum absolute atomic E-state index is 0.121. The molecule has 0 aliphatic carbocycles. The van der Waals surface area contributed by atoms with E-state index >= 15 is 0 Å². The Labute approximate surface area is 162 Å². The zero-order valence-corrected chi connectivity index (χ0v) is 15.7. The topological polar surface area (TPSA) is 42.4 Å². The smallest absolute Gasteiger partial charge is 0.256 e. The molecule has 0 spiro atoms. The molecule has 0 bridgehead atoms. The second kappa shape index (κ2) is 9.19. The Hall–Kier alpha value is -2.86. The maximum Gasteiger partial charge on any atom is 0.256 e. The van der Waals surface area contributed by atoms with Crippen LogP contribution in [-0.2, 0) is 0 Å². The van der Waals surface area contributed by atoms with Crippen molar-refractivity contribution < 1.29 is 13.9 Å². The number of halogens is 1. The van der Waals surface area contributed by atoms with E-state index in [4.69, 9.17) is 4.74 Å². The van der Waals surface area contributed by atoms with E-state index in [9.17, 15) is 9.18 Å². The van der Waals surface area contributed by atoms with Gasteiger partial charge in [-0.15, -0.1) is 0 Å². The molecule has 3 rings (SSSR count). The van der Waals surface area contributed by atoms with Crippen LogP contribution in [-0.4, -0.2) is 36.0 Å². The van der Waals surface area contributed by atoms with Crippen molar-refractivity contribution in [3.63, 3.8) is 0 Å². The van der Waals surface area contributed by atoms with Crippen molar-refractivity contribution in [2.45, 2.75) is 9.92 Å². The lowest BCUT2D eigenvalue weighted by atomic mass is 10.2. The monoisotopic (exact) mass is 382 g/mol. The van der Waals surface area contributed by atoms with Crippen LogP contribution < -0.4 is 4.74 Å². The standard InChI is InChI=1S/C21H19FN2O2S/c1-24(14-15-26-17-11-9-16(22)10-12-17)21(25)19-8-5-13-23-20(19)27-18-6-3-2-4-7-18/h2-13H,14-15H2,1H3. The van der Waals surface area contributed by atoms with Crippen molar-refractivity contribution in [1.82, 2.24) is 9.88 Å². The van der Waals surface area contributed by atoms with Gasteiger partial charge in [0.25, 0.3) is 5.91 Å². The molecule has 3 aromatic rings. The lowest BCUT2D eigenvalue weighted by molar-refractivity contribution is 0.0769. The van der Waals surface area contributed by atoms with E-state index in [-0.39, 0.29) is 11.7 Å². The summed E-state index contributed by atoms with van der Waals surface area (Å²) >= 11 is 1.46. The van der Waals surface area contributed by atoms with Crippen LogP contribution in [0.3, 0.4) is 0 Å². The van der Waals surface area contributed by atoms with E-state index in [1.807, 2.05) is 30.3 Å². The molecule has 4 nitrogen and oxygen atoms in total. The third-order valence-electron chi connectivity index (χ3n) is 3.82. The highest BCUT2D eigenvalue weighted by Gasteiger charge is 2.17. The van der Waals surface area contributed by atoms with Gasteiger partial charge in [-0.2, -0.15) is 0 Å². The van der Waals surface area contributed by atoms with Crippen molar-refractivity contribution in [3.8, 4) is 5.75 Å². The molecular weight excluding hydrogens is 363 g/mol. The molecule has 0 aliphatic rings. The molecule has 0 atom stereocenters. The number of benzene rings is 2. The molecule has 27 heavy (non-hydrogen) atoms. The van der Waals surface area contributed by atoms with Gasteiger partial charge in [0.05, 0.1) is 12.1 Å². The number of aromatic nitrogens is 1. The first-order valence-electron chi connectivity index (χ1n) is 8.45. The van der Waals surface area contributed by atoms with Gasteiger partial charge in [0.2, 0.25) is 0 Å². The number of pyridine rings is 1. The third kappa shape index (κ3) is 5.31. The number of carbonyl (C=O) groups is 1. The van der Waals surface area contributed by atoms with Gasteiger partial charge in [-0.25, -0.2) is 9.37 Å². The van der Waals surface area contributed by atoms with Crippen molar-refractivity contribution in [1.29, 1.82) is 0 Å². The molecule has 2 aromatic carbocycles. The minimum Gasteiger partial charge on any atom is -0.492 e. The van der Waals surface area contributed by atoms with Crippen molar-refractivity contribution in [2.24, 2.45) is 0 Å². The normalized spacial score (nSPS) is 10.4. The second-order valence-corrected chi connectivity index (χ2v) is 6.86. The molecule has 0 saturated carbocycles. The molecule has 0 saturated heterocycles. The molecule has 0 fully saturated rings. The lowest BCUT2D eigenvalue weighted by Crippen LogP contribution is -2.31. The van der Waals surface area contributed by atoms with Gasteiger partial charge in [0.15, 0.2) is 0 Å². The zero-order valence-electron chi connectivity index (χ0n) is 14.8. The number of likely N-dealkylation sites (N-methyl/N-ethyl adjacent to an activating group) is 1. The number of carbonyl (C=O) groups excluding carboxylic acids is 1. The summed E-state index contributed by atoms with van der Waals surface area (Å²) in [6.07, 6.45) is 1.68. The summed E-state index contributed by atoms with van der Waals surface area (Å²) in [5.74, 6) is 0.137. The van der Waals surface area contributed by atoms with Gasteiger partial charge in [-0.05, 0) is 48.5 Å². The SMILES string of the molecule is CN(CCOc1ccc(F)cc1)C(=O)c1cccnc1Sc1ccccc1. The van der Waals surface area contributed by atoms with Crippen molar-refractivity contribution >= 4 is 17.7 Å². The Morgan fingerprint density at radius 2 is 1.81 bits per heavy atom. The number of hydrogen-bond donors (Lipinski definition) is 0. The van der Waals surface area contributed by atoms with Gasteiger partial charge >= 0.3 is 0 Å². The summed E-state index contributed by atoms with van der Waals surface area (Å²) < 4.78 is 18.5. The second-order valence-electron chi connectivity index (χ2n) is 5.80. The fraction of sp³-hybridized carbons (Fsp3) is 0.143. The molecule has 0 radical (unpaired) electrons. The zero-order chi connectivity index (χ0) is 19.1. The highest BCUT2D eigenvalue weighted by atomic mass is 32.2. The van der Waals surface area contributed by atoms with Gasteiger partial charge < -0.3 is 9.64 Å². The van der Waals surface area contributed by atoms with E-state index in [0.29, 0.717) is 29.5 Å². The highest BCUT2D eigenvalue weighted by molar-refractivity contribution is 7.99. The Morgan fingerprint density at radius 1 is 1.07 bits per heavy atom. The Morgan fingerprint density at radius 3 is 2.56 bits per heavy atom. The molecule has 1 heterocycles. The summed E-state index contributed by atoms with van der Waals surface area (Å²) in [4.78, 5) is 19.8. The average Bonchev–Trinajstić information content (AvgIpc) is 2.70. The number of hydrogen-bond acceptors (Lipinski definition) is 4. The molecule has 1 amide bonds. The van der Waals surface area contributed by atoms with E-state index < -0.39 is 0 Å². The van der Waals surface area contributed by atoms with Crippen LogP contribution >= 0.6 is 11.8 Å². The lowest BCUT2D eigenvalue weighted by Gasteiger charge is -2.18. The van der Waals surface area contributed by atoms with Crippen molar-refractivity contribution in [3.05, 3.63) is 84.3 Å². The molecule has 0 aliphatic heterocycles. The van der Waals surface area contributed by atoms with Gasteiger partial charge in [-0.1, -0.05) is 30.0 Å². The van der Waals surface area contributed by atoms with Gasteiger partial charge in [0, 0.05) is 18.1 Å². The Kier molecular flexibility index (Phi) is 6.44. The fourth-order valence-electron chi connectivity index (χ4n) is 2.37. The quantitative estimate of drug-likeness (QED) is 0.602. The van der Waals surface area contributed by atoms with E-state index in [2.05, 4.69) is 4.98 Å². The van der Waals surface area contributed by atoms with Crippen LogP contribution in [0.5, 0.6) is 5.75 Å². The molecule has 0 unspecified atom stereocenters. The first kappa shape index (κ1) is 18.9. The predicted molar refractivity (Wildman–Crippen MR) is 104 cm³/mol. The number of nitrogens with zero attached hydrogens (tertiary/aromatic N) is 2. The number of ether oxygens (including phenoxy) is 1.